The molecule has 7 nitrogen and oxygen atoms in total. The molecule has 1 N–H and O–H groups in total. The monoisotopic (exact) mass is 538 g/mol. The number of benzene rings is 2. The molecule has 0 saturated heterocycles. The van der Waals surface area contributed by atoms with E-state index in [0.717, 1.165) is 24.2 Å². The number of hydrogen-bond acceptors (Lipinski definition) is 7. The summed E-state index contributed by atoms with van der Waals surface area (Å²) in [5.74, 6) is -0.272. The van der Waals surface area contributed by atoms with Gasteiger partial charge in [0.05, 0.1) is 17.0 Å². The minimum atomic E-state index is -4.46. The molecule has 0 unspecified atom stereocenters. The first-order valence-corrected chi connectivity index (χ1v) is 12.5. The standard InChI is InChI=1S/C22H18ClF3N6OS2/c1-2-13-3-6-16(7-4-13)32-21(29-30-31-32)34-12-19(33)28-20-27-11-17(35-20)10-14-9-15(22(24,25)26)5-8-18(14)23/h3-9,11H,2,10,12H2,1H3,(H,27,28,33). The Bertz CT molecular complexity index is 1320. The summed E-state index contributed by atoms with van der Waals surface area (Å²) in [5, 5.41) is 15.4. The van der Waals surface area contributed by atoms with Crippen LogP contribution in [0.5, 0.6) is 0 Å². The molecule has 0 bridgehead atoms. The molecule has 0 spiro atoms. The Balaban J connectivity index is 1.35. The van der Waals surface area contributed by atoms with E-state index in [2.05, 4.69) is 32.7 Å². The van der Waals surface area contributed by atoms with E-state index < -0.39 is 11.7 Å². The zero-order valence-electron chi connectivity index (χ0n) is 18.2. The zero-order chi connectivity index (χ0) is 25.0. The van der Waals surface area contributed by atoms with Crippen LogP contribution in [-0.4, -0.2) is 36.9 Å². The first kappa shape index (κ1) is 25.1. The highest BCUT2D eigenvalue weighted by atomic mass is 35.5. The fourth-order valence-corrected chi connectivity index (χ4v) is 4.84. The molecule has 0 radical (unpaired) electrons. The van der Waals surface area contributed by atoms with Crippen molar-refractivity contribution >= 4 is 45.7 Å². The Morgan fingerprint density at radius 1 is 1.20 bits per heavy atom. The zero-order valence-corrected chi connectivity index (χ0v) is 20.6. The molecule has 2 aromatic carbocycles. The molecule has 35 heavy (non-hydrogen) atoms. The van der Waals surface area contributed by atoms with E-state index in [1.54, 1.807) is 4.68 Å². The molecule has 0 aliphatic rings. The number of anilines is 1. The quantitative estimate of drug-likeness (QED) is 0.291. The van der Waals surface area contributed by atoms with E-state index in [-0.39, 0.29) is 23.1 Å². The number of thiazole rings is 1. The van der Waals surface area contributed by atoms with Crippen molar-refractivity contribution in [2.24, 2.45) is 0 Å². The van der Waals surface area contributed by atoms with Crippen LogP contribution in [0.1, 0.15) is 28.5 Å². The lowest BCUT2D eigenvalue weighted by molar-refractivity contribution is -0.137. The van der Waals surface area contributed by atoms with Crippen molar-refractivity contribution in [3.8, 4) is 5.69 Å². The van der Waals surface area contributed by atoms with Crippen LogP contribution in [0.2, 0.25) is 5.02 Å². The van der Waals surface area contributed by atoms with E-state index in [0.29, 0.717) is 20.7 Å². The molecule has 0 saturated carbocycles. The number of tetrazole rings is 1. The molecule has 2 heterocycles. The van der Waals surface area contributed by atoms with Crippen LogP contribution < -0.4 is 5.32 Å². The summed E-state index contributed by atoms with van der Waals surface area (Å²) >= 11 is 8.41. The second-order valence-corrected chi connectivity index (χ2v) is 9.81. The average Bonchev–Trinajstić information content (AvgIpc) is 3.48. The van der Waals surface area contributed by atoms with Gasteiger partial charge in [-0.3, -0.25) is 4.79 Å². The van der Waals surface area contributed by atoms with Crippen molar-refractivity contribution in [1.29, 1.82) is 0 Å². The molecule has 0 aliphatic heterocycles. The molecule has 13 heteroatoms. The number of rotatable bonds is 8. The van der Waals surface area contributed by atoms with Crippen molar-refractivity contribution in [3.05, 3.63) is 75.3 Å². The first-order valence-electron chi connectivity index (χ1n) is 10.3. The fourth-order valence-electron chi connectivity index (χ4n) is 3.11. The SMILES string of the molecule is CCc1ccc(-n2nnnc2SCC(=O)Nc2ncc(Cc3cc(C(F)(F)F)ccc3Cl)s2)cc1. The van der Waals surface area contributed by atoms with E-state index >= 15 is 0 Å². The molecule has 0 fully saturated rings. The Morgan fingerprint density at radius 3 is 2.69 bits per heavy atom. The lowest BCUT2D eigenvalue weighted by Crippen LogP contribution is -2.14. The number of nitrogens with zero attached hydrogens (tertiary/aromatic N) is 5. The lowest BCUT2D eigenvalue weighted by Gasteiger charge is -2.09. The van der Waals surface area contributed by atoms with Crippen LogP contribution in [0.3, 0.4) is 0 Å². The van der Waals surface area contributed by atoms with Crippen molar-refractivity contribution in [2.45, 2.75) is 31.1 Å². The van der Waals surface area contributed by atoms with Crippen molar-refractivity contribution in [2.75, 3.05) is 11.1 Å². The second-order valence-electron chi connectivity index (χ2n) is 7.34. The minimum absolute atomic E-state index is 0.0434. The third-order valence-corrected chi connectivity index (χ3v) is 7.10. The third-order valence-electron chi connectivity index (χ3n) is 4.90. The molecule has 2 aromatic heterocycles. The van der Waals surface area contributed by atoms with E-state index in [1.807, 2.05) is 24.3 Å². The van der Waals surface area contributed by atoms with Crippen molar-refractivity contribution in [3.63, 3.8) is 0 Å². The maximum Gasteiger partial charge on any atom is 0.416 e. The van der Waals surface area contributed by atoms with Gasteiger partial charge in [-0.2, -0.15) is 17.9 Å². The van der Waals surface area contributed by atoms with Crippen LogP contribution in [0.4, 0.5) is 18.3 Å². The van der Waals surface area contributed by atoms with Gasteiger partial charge in [0.2, 0.25) is 11.1 Å². The van der Waals surface area contributed by atoms with Gasteiger partial charge < -0.3 is 5.32 Å². The number of nitrogens with one attached hydrogen (secondary N) is 1. The predicted octanol–water partition coefficient (Wildman–Crippen LogP) is 5.68. The number of thioether (sulfide) groups is 1. The average molecular weight is 539 g/mol. The Labute approximate surface area is 211 Å². The number of hydrogen-bond donors (Lipinski definition) is 1. The summed E-state index contributed by atoms with van der Waals surface area (Å²) in [6.45, 7) is 2.07. The number of aryl methyl sites for hydroxylation is 1. The van der Waals surface area contributed by atoms with E-state index in [1.165, 1.54) is 40.9 Å². The van der Waals surface area contributed by atoms with Crippen molar-refractivity contribution < 1.29 is 18.0 Å². The highest BCUT2D eigenvalue weighted by molar-refractivity contribution is 7.99. The summed E-state index contributed by atoms with van der Waals surface area (Å²) < 4.78 is 40.5. The summed E-state index contributed by atoms with van der Waals surface area (Å²) in [4.78, 5) is 17.2. The minimum Gasteiger partial charge on any atom is -0.301 e. The highest BCUT2D eigenvalue weighted by Gasteiger charge is 2.31. The van der Waals surface area contributed by atoms with E-state index in [9.17, 15) is 18.0 Å². The molecule has 4 aromatic rings. The van der Waals surface area contributed by atoms with Gasteiger partial charge in [0.1, 0.15) is 0 Å². The maximum atomic E-state index is 13.0. The molecule has 1 amide bonds. The van der Waals surface area contributed by atoms with Gasteiger partial charge >= 0.3 is 6.18 Å². The molecule has 4 rings (SSSR count). The molecular formula is C22H18ClF3N6OS2. The summed E-state index contributed by atoms with van der Waals surface area (Å²) in [7, 11) is 0. The molecular weight excluding hydrogens is 521 g/mol. The summed E-state index contributed by atoms with van der Waals surface area (Å²) in [5.41, 5.74) is 1.54. The topological polar surface area (TPSA) is 85.6 Å². The van der Waals surface area contributed by atoms with Gasteiger partial charge in [-0.15, -0.1) is 16.4 Å². The molecule has 182 valence electrons. The summed E-state index contributed by atoms with van der Waals surface area (Å²) in [6.07, 6.45) is -1.87. The smallest absolute Gasteiger partial charge is 0.301 e. The Morgan fingerprint density at radius 2 is 1.97 bits per heavy atom. The van der Waals surface area contributed by atoms with Gasteiger partial charge in [-0.05, 0) is 58.3 Å². The van der Waals surface area contributed by atoms with Crippen LogP contribution in [0.25, 0.3) is 5.69 Å². The number of aromatic nitrogens is 5. The second kappa shape index (κ2) is 10.8. The van der Waals surface area contributed by atoms with Gasteiger partial charge in [0.15, 0.2) is 5.13 Å². The molecule has 0 atom stereocenters. The highest BCUT2D eigenvalue weighted by Crippen LogP contribution is 2.33. The lowest BCUT2D eigenvalue weighted by atomic mass is 10.1. The summed E-state index contributed by atoms with van der Waals surface area (Å²) in [6, 6.07) is 11.0. The third kappa shape index (κ3) is 6.38. The van der Waals surface area contributed by atoms with Crippen LogP contribution in [0.15, 0.2) is 53.8 Å². The Kier molecular flexibility index (Phi) is 7.72. The van der Waals surface area contributed by atoms with E-state index in [4.69, 9.17) is 11.6 Å². The van der Waals surface area contributed by atoms with Gasteiger partial charge in [-0.25, -0.2) is 4.98 Å². The number of carbonyl (C=O) groups excluding carboxylic acids is 1. The fraction of sp³-hybridized carbons (Fsp3) is 0.227. The van der Waals surface area contributed by atoms with Crippen molar-refractivity contribution in [1.82, 2.24) is 25.2 Å². The predicted molar refractivity (Wildman–Crippen MR) is 129 cm³/mol. The van der Waals surface area contributed by atoms with Crippen LogP contribution in [0, 0.1) is 0 Å². The number of halogens is 4. The normalized spacial score (nSPS) is 11.6. The maximum absolute atomic E-state index is 13.0. The van der Waals surface area contributed by atoms with Gasteiger partial charge in [-0.1, -0.05) is 42.4 Å². The number of alkyl halides is 3. The Hall–Kier alpha value is -2.96. The molecule has 0 aliphatic carbocycles. The van der Waals surface area contributed by atoms with Gasteiger partial charge in [0, 0.05) is 22.5 Å². The largest absolute Gasteiger partial charge is 0.416 e. The number of carbonyl (C=O) groups is 1. The van der Waals surface area contributed by atoms with Gasteiger partial charge in [0.25, 0.3) is 0 Å². The van der Waals surface area contributed by atoms with Crippen LogP contribution in [-0.2, 0) is 23.8 Å². The number of amides is 1. The van der Waals surface area contributed by atoms with Crippen LogP contribution >= 0.6 is 34.7 Å². The first-order chi connectivity index (χ1) is 16.7.